The smallest absolute Gasteiger partial charge is 0.227 e. The van der Waals surface area contributed by atoms with Crippen molar-refractivity contribution < 1.29 is 9.18 Å². The first-order valence-electron chi connectivity index (χ1n) is 8.31. The monoisotopic (exact) mass is 355 g/mol. The molecule has 128 valence electrons. The van der Waals surface area contributed by atoms with Gasteiger partial charge in [0.05, 0.1) is 21.9 Å². The quantitative estimate of drug-likeness (QED) is 0.735. The molecule has 1 saturated heterocycles. The van der Waals surface area contributed by atoms with Gasteiger partial charge in [0.25, 0.3) is 0 Å². The second kappa shape index (κ2) is 6.44. The zero-order valence-corrected chi connectivity index (χ0v) is 14.6. The number of thiophene rings is 1. The average molecular weight is 355 g/mol. The molecule has 1 fully saturated rings. The second-order valence-electron chi connectivity index (χ2n) is 6.25. The molecule has 1 N–H and O–H groups in total. The minimum Gasteiger partial charge on any atom is -0.378 e. The number of nitrogens with one attached hydrogen (secondary N) is 1. The third-order valence-corrected chi connectivity index (χ3v) is 5.37. The van der Waals surface area contributed by atoms with Gasteiger partial charge >= 0.3 is 0 Å². The van der Waals surface area contributed by atoms with Crippen LogP contribution in [-0.2, 0) is 4.79 Å². The minimum absolute atomic E-state index is 0.00216. The molecular weight excluding hydrogens is 337 g/mol. The maximum atomic E-state index is 14.5. The van der Waals surface area contributed by atoms with Gasteiger partial charge in [-0.3, -0.25) is 9.78 Å². The number of nitrogens with zero attached hydrogens (tertiary/aromatic N) is 2. The molecule has 2 aromatic heterocycles. The molecule has 0 saturated carbocycles. The largest absolute Gasteiger partial charge is 0.378 e. The van der Waals surface area contributed by atoms with Crippen LogP contribution >= 0.6 is 11.3 Å². The van der Waals surface area contributed by atoms with E-state index in [0.29, 0.717) is 24.3 Å². The van der Waals surface area contributed by atoms with E-state index < -0.39 is 0 Å². The van der Waals surface area contributed by atoms with Gasteiger partial charge in [-0.1, -0.05) is 0 Å². The average Bonchev–Trinajstić information content (AvgIpc) is 3.23. The minimum atomic E-state index is -0.376. The predicted octanol–water partition coefficient (Wildman–Crippen LogP) is 4.74. The molecule has 0 bridgehead atoms. The topological polar surface area (TPSA) is 45.2 Å². The van der Waals surface area contributed by atoms with Crippen molar-refractivity contribution in [3.8, 4) is 0 Å². The van der Waals surface area contributed by atoms with Crippen LogP contribution in [0.25, 0.3) is 10.2 Å². The Bertz CT molecular complexity index is 939. The Kier molecular flexibility index (Phi) is 4.13. The number of hydrogen-bond donors (Lipinski definition) is 1. The predicted molar refractivity (Wildman–Crippen MR) is 99.6 cm³/mol. The first-order valence-corrected chi connectivity index (χ1v) is 9.19. The molecule has 0 radical (unpaired) electrons. The molecule has 1 atom stereocenters. The fourth-order valence-corrected chi connectivity index (χ4v) is 3.94. The van der Waals surface area contributed by atoms with Crippen LogP contribution in [0.4, 0.5) is 15.8 Å². The van der Waals surface area contributed by atoms with E-state index in [1.54, 1.807) is 17.4 Å². The Morgan fingerprint density at radius 3 is 2.96 bits per heavy atom. The van der Waals surface area contributed by atoms with Crippen molar-refractivity contribution in [3.05, 3.63) is 53.3 Å². The van der Waals surface area contributed by atoms with E-state index in [4.69, 9.17) is 0 Å². The number of halogens is 1. The molecule has 25 heavy (non-hydrogen) atoms. The third-order valence-electron chi connectivity index (χ3n) is 4.52. The Labute approximate surface area is 149 Å². The lowest BCUT2D eigenvalue weighted by Crippen LogP contribution is -2.24. The van der Waals surface area contributed by atoms with Crippen LogP contribution in [0.3, 0.4) is 0 Å². The van der Waals surface area contributed by atoms with Crippen molar-refractivity contribution >= 4 is 38.8 Å². The molecule has 1 amide bonds. The zero-order valence-electron chi connectivity index (χ0n) is 13.8. The van der Waals surface area contributed by atoms with Crippen LogP contribution in [0.1, 0.15) is 31.4 Å². The summed E-state index contributed by atoms with van der Waals surface area (Å²) in [4.78, 5) is 17.8. The van der Waals surface area contributed by atoms with Gasteiger partial charge in [-0.15, -0.1) is 11.3 Å². The van der Waals surface area contributed by atoms with Crippen molar-refractivity contribution in [1.29, 1.82) is 0 Å². The van der Waals surface area contributed by atoms with Crippen LogP contribution in [0.5, 0.6) is 0 Å². The highest BCUT2D eigenvalue weighted by Gasteiger charge is 2.24. The van der Waals surface area contributed by atoms with Crippen LogP contribution in [0.2, 0.25) is 0 Å². The molecular formula is C19H18FN3OS. The molecule has 3 heterocycles. The number of rotatable bonds is 4. The van der Waals surface area contributed by atoms with E-state index in [1.807, 2.05) is 30.6 Å². The molecule has 1 unspecified atom stereocenters. The number of carbonyl (C=O) groups is 1. The summed E-state index contributed by atoms with van der Waals surface area (Å²) in [7, 11) is 0. The molecule has 4 rings (SSSR count). The van der Waals surface area contributed by atoms with E-state index in [2.05, 4.69) is 16.4 Å². The summed E-state index contributed by atoms with van der Waals surface area (Å²) >= 11 is 1.66. The first-order chi connectivity index (χ1) is 12.1. The van der Waals surface area contributed by atoms with Crippen molar-refractivity contribution in [1.82, 2.24) is 4.98 Å². The van der Waals surface area contributed by atoms with Crippen LogP contribution in [0, 0.1) is 5.82 Å². The number of aromatic nitrogens is 1. The standard InChI is InChI=1S/C19H18FN3OS/c1-12(13-9-18-16(21-11-13)6-8-25-18)22-14-4-5-17(15(20)10-14)23-7-2-3-19(23)24/h4-6,8-12,22H,2-3,7H2,1H3. The summed E-state index contributed by atoms with van der Waals surface area (Å²) in [5.74, 6) is -0.386. The number of pyridine rings is 1. The molecule has 3 aromatic rings. The van der Waals surface area contributed by atoms with Crippen molar-refractivity contribution in [2.24, 2.45) is 0 Å². The number of fused-ring (bicyclic) bond motifs is 1. The lowest BCUT2D eigenvalue weighted by molar-refractivity contribution is -0.117. The van der Waals surface area contributed by atoms with Gasteiger partial charge in [0, 0.05) is 24.8 Å². The number of carbonyl (C=O) groups excluding carboxylic acids is 1. The van der Waals surface area contributed by atoms with Crippen molar-refractivity contribution in [2.75, 3.05) is 16.8 Å². The van der Waals surface area contributed by atoms with E-state index in [9.17, 15) is 9.18 Å². The van der Waals surface area contributed by atoms with E-state index in [0.717, 1.165) is 22.2 Å². The molecule has 0 spiro atoms. The van der Waals surface area contributed by atoms with Gasteiger partial charge in [0.2, 0.25) is 5.91 Å². The first kappa shape index (κ1) is 16.0. The van der Waals surface area contributed by atoms with Gasteiger partial charge in [-0.25, -0.2) is 4.39 Å². The number of anilines is 2. The van der Waals surface area contributed by atoms with Gasteiger partial charge in [-0.05, 0) is 54.6 Å². The van der Waals surface area contributed by atoms with Gasteiger partial charge in [-0.2, -0.15) is 0 Å². The Balaban J connectivity index is 1.53. The summed E-state index contributed by atoms with van der Waals surface area (Å²) < 4.78 is 15.6. The molecule has 4 nitrogen and oxygen atoms in total. The third kappa shape index (κ3) is 3.09. The summed E-state index contributed by atoms with van der Waals surface area (Å²) in [5.41, 5.74) is 3.09. The Hall–Kier alpha value is -2.47. The molecule has 1 aliphatic rings. The Morgan fingerprint density at radius 2 is 2.20 bits per heavy atom. The lowest BCUT2D eigenvalue weighted by atomic mass is 10.1. The second-order valence-corrected chi connectivity index (χ2v) is 7.20. The molecule has 1 aliphatic heterocycles. The van der Waals surface area contributed by atoms with E-state index in [-0.39, 0.29) is 17.8 Å². The number of benzene rings is 1. The maximum absolute atomic E-state index is 14.5. The van der Waals surface area contributed by atoms with Crippen LogP contribution in [0.15, 0.2) is 41.9 Å². The summed E-state index contributed by atoms with van der Waals surface area (Å²) in [6.07, 6.45) is 3.13. The number of amides is 1. The molecule has 0 aliphatic carbocycles. The SMILES string of the molecule is CC(Nc1ccc(N2CCCC2=O)c(F)c1)c1cnc2ccsc2c1. The molecule has 1 aromatic carbocycles. The highest BCUT2D eigenvalue weighted by Crippen LogP contribution is 2.29. The van der Waals surface area contributed by atoms with Crippen LogP contribution in [-0.4, -0.2) is 17.4 Å². The van der Waals surface area contributed by atoms with Gasteiger partial charge in [0.15, 0.2) is 0 Å². The van der Waals surface area contributed by atoms with Crippen molar-refractivity contribution in [3.63, 3.8) is 0 Å². The van der Waals surface area contributed by atoms with Crippen LogP contribution < -0.4 is 10.2 Å². The van der Waals surface area contributed by atoms with Crippen molar-refractivity contribution in [2.45, 2.75) is 25.8 Å². The molecule has 6 heteroatoms. The fraction of sp³-hybridized carbons (Fsp3) is 0.263. The van der Waals surface area contributed by atoms with Gasteiger partial charge < -0.3 is 10.2 Å². The zero-order chi connectivity index (χ0) is 17.4. The summed E-state index contributed by atoms with van der Waals surface area (Å²) in [5, 5.41) is 5.33. The maximum Gasteiger partial charge on any atom is 0.227 e. The normalized spacial score (nSPS) is 15.8. The lowest BCUT2D eigenvalue weighted by Gasteiger charge is -2.19. The fourth-order valence-electron chi connectivity index (χ4n) is 3.15. The van der Waals surface area contributed by atoms with Gasteiger partial charge in [0.1, 0.15) is 5.82 Å². The van der Waals surface area contributed by atoms with E-state index >= 15 is 0 Å². The van der Waals surface area contributed by atoms with E-state index in [1.165, 1.54) is 11.0 Å². The Morgan fingerprint density at radius 1 is 1.32 bits per heavy atom. The summed E-state index contributed by atoms with van der Waals surface area (Å²) in [6, 6.07) is 9.05. The highest BCUT2D eigenvalue weighted by atomic mass is 32.1. The number of hydrogen-bond acceptors (Lipinski definition) is 4. The highest BCUT2D eigenvalue weighted by molar-refractivity contribution is 7.17. The summed E-state index contributed by atoms with van der Waals surface area (Å²) in [6.45, 7) is 2.61.